The number of hydrogen-bond acceptors (Lipinski definition) is 3. The summed E-state index contributed by atoms with van der Waals surface area (Å²) in [5, 5.41) is 10.2. The van der Waals surface area contributed by atoms with E-state index in [9.17, 15) is 9.90 Å². The number of aliphatic hydroxyl groups excluding tert-OH is 1. The molecule has 0 atom stereocenters. The Kier molecular flexibility index (Phi) is 3.78. The fourth-order valence-electron chi connectivity index (χ4n) is 2.30. The molecule has 1 heterocycles. The van der Waals surface area contributed by atoms with Crippen LogP contribution in [0.4, 0.5) is 0 Å². The van der Waals surface area contributed by atoms with E-state index in [2.05, 4.69) is 22.5 Å². The Bertz CT molecular complexity index is 627. The van der Waals surface area contributed by atoms with E-state index in [4.69, 9.17) is 4.74 Å². The van der Waals surface area contributed by atoms with Crippen molar-refractivity contribution in [3.8, 4) is 0 Å². The molecular weight excluding hydrogens is 320 g/mol. The number of aliphatic hydroxyl groups is 1. The second-order valence-corrected chi connectivity index (χ2v) is 6.16. The van der Waals surface area contributed by atoms with Gasteiger partial charge in [0.1, 0.15) is 0 Å². The summed E-state index contributed by atoms with van der Waals surface area (Å²) in [4.78, 5) is 12.6. The predicted molar refractivity (Wildman–Crippen MR) is 82.4 cm³/mol. The molecule has 1 aliphatic rings. The first kappa shape index (κ1) is 14.9. The number of rotatable bonds is 2. The number of benzene rings is 1. The van der Waals surface area contributed by atoms with Crippen molar-refractivity contribution < 1.29 is 14.6 Å². The van der Waals surface area contributed by atoms with Crippen molar-refractivity contribution in [1.29, 1.82) is 0 Å². The Morgan fingerprint density at radius 1 is 1.40 bits per heavy atom. The van der Waals surface area contributed by atoms with E-state index in [0.29, 0.717) is 0 Å². The molecule has 0 unspecified atom stereocenters. The van der Waals surface area contributed by atoms with Crippen molar-refractivity contribution >= 4 is 27.3 Å². The first-order valence-electron chi connectivity index (χ1n) is 6.43. The van der Waals surface area contributed by atoms with Crippen LogP contribution in [0.1, 0.15) is 31.9 Å². The predicted octanol–water partition coefficient (Wildman–Crippen LogP) is 4.17. The fourth-order valence-corrected chi connectivity index (χ4v) is 2.71. The normalized spacial score (nSPS) is 18.2. The molecule has 20 heavy (non-hydrogen) atoms. The Morgan fingerprint density at radius 2 is 2.05 bits per heavy atom. The Morgan fingerprint density at radius 3 is 2.65 bits per heavy atom. The van der Waals surface area contributed by atoms with Gasteiger partial charge in [0.25, 0.3) is 0 Å². The van der Waals surface area contributed by atoms with E-state index >= 15 is 0 Å². The SMILES string of the molecule is C=C1OC(C)(C)C(=O)C(c2ccc(Br)cc2CC)=C1O. The third-order valence-corrected chi connectivity index (χ3v) is 3.86. The highest BCUT2D eigenvalue weighted by Crippen LogP contribution is 2.37. The molecule has 0 saturated heterocycles. The van der Waals surface area contributed by atoms with Gasteiger partial charge in [0.2, 0.25) is 5.78 Å². The molecular formula is C16H17BrO3. The molecule has 1 aromatic rings. The van der Waals surface area contributed by atoms with Crippen molar-refractivity contribution in [2.45, 2.75) is 32.8 Å². The molecule has 0 radical (unpaired) electrons. The summed E-state index contributed by atoms with van der Waals surface area (Å²) in [6, 6.07) is 5.64. The monoisotopic (exact) mass is 336 g/mol. The molecule has 0 saturated carbocycles. The van der Waals surface area contributed by atoms with Crippen LogP contribution in [0.3, 0.4) is 0 Å². The molecule has 3 nitrogen and oxygen atoms in total. The summed E-state index contributed by atoms with van der Waals surface area (Å²) >= 11 is 3.42. The van der Waals surface area contributed by atoms with Gasteiger partial charge in [-0.2, -0.15) is 0 Å². The third-order valence-electron chi connectivity index (χ3n) is 3.37. The first-order valence-corrected chi connectivity index (χ1v) is 7.22. The topological polar surface area (TPSA) is 46.5 Å². The van der Waals surface area contributed by atoms with Gasteiger partial charge in [-0.05, 0) is 43.5 Å². The van der Waals surface area contributed by atoms with E-state index in [0.717, 1.165) is 22.0 Å². The van der Waals surface area contributed by atoms with Gasteiger partial charge in [0.15, 0.2) is 17.1 Å². The van der Waals surface area contributed by atoms with Crippen molar-refractivity contribution in [2.75, 3.05) is 0 Å². The van der Waals surface area contributed by atoms with Crippen molar-refractivity contribution in [2.24, 2.45) is 0 Å². The molecule has 1 aromatic carbocycles. The van der Waals surface area contributed by atoms with Gasteiger partial charge in [-0.1, -0.05) is 35.5 Å². The molecule has 0 spiro atoms. The molecule has 1 N–H and O–H groups in total. The van der Waals surface area contributed by atoms with Gasteiger partial charge >= 0.3 is 0 Å². The molecule has 0 amide bonds. The number of carbonyl (C=O) groups excluding carboxylic acids is 1. The van der Waals surface area contributed by atoms with Crippen LogP contribution in [-0.2, 0) is 16.0 Å². The Balaban J connectivity index is 2.69. The summed E-state index contributed by atoms with van der Waals surface area (Å²) in [5.41, 5.74) is 0.989. The van der Waals surface area contributed by atoms with E-state index in [1.54, 1.807) is 13.8 Å². The zero-order valence-electron chi connectivity index (χ0n) is 11.8. The quantitative estimate of drug-likeness (QED) is 0.881. The maximum atomic E-state index is 12.6. The van der Waals surface area contributed by atoms with E-state index in [-0.39, 0.29) is 22.9 Å². The van der Waals surface area contributed by atoms with Crippen molar-refractivity contribution in [1.82, 2.24) is 0 Å². The van der Waals surface area contributed by atoms with E-state index in [1.165, 1.54) is 0 Å². The van der Waals surface area contributed by atoms with Gasteiger partial charge in [-0.15, -0.1) is 0 Å². The van der Waals surface area contributed by atoms with Gasteiger partial charge in [-0.25, -0.2) is 0 Å². The maximum Gasteiger partial charge on any atom is 0.210 e. The van der Waals surface area contributed by atoms with Crippen LogP contribution < -0.4 is 0 Å². The second kappa shape index (κ2) is 5.09. The molecule has 1 aliphatic heterocycles. The van der Waals surface area contributed by atoms with Gasteiger partial charge < -0.3 is 9.84 Å². The van der Waals surface area contributed by atoms with Crippen LogP contribution in [0.15, 0.2) is 40.8 Å². The smallest absolute Gasteiger partial charge is 0.210 e. The van der Waals surface area contributed by atoms with Gasteiger partial charge in [0, 0.05) is 4.47 Å². The highest BCUT2D eigenvalue weighted by atomic mass is 79.9. The highest BCUT2D eigenvalue weighted by Gasteiger charge is 2.41. The highest BCUT2D eigenvalue weighted by molar-refractivity contribution is 9.10. The summed E-state index contributed by atoms with van der Waals surface area (Å²) < 4.78 is 6.33. The third kappa shape index (κ3) is 2.40. The van der Waals surface area contributed by atoms with E-state index < -0.39 is 5.60 Å². The number of ether oxygens (including phenoxy) is 1. The zero-order valence-corrected chi connectivity index (χ0v) is 13.4. The average Bonchev–Trinajstić information content (AvgIpc) is 2.38. The minimum absolute atomic E-state index is 0.134. The van der Waals surface area contributed by atoms with E-state index in [1.807, 2.05) is 25.1 Å². The molecule has 106 valence electrons. The lowest BCUT2D eigenvalue weighted by molar-refractivity contribution is -0.131. The van der Waals surface area contributed by atoms with Crippen molar-refractivity contribution in [3.63, 3.8) is 0 Å². The molecule has 4 heteroatoms. The van der Waals surface area contributed by atoms with Crippen LogP contribution in [0.25, 0.3) is 5.57 Å². The summed E-state index contributed by atoms with van der Waals surface area (Å²) in [5.74, 6) is -0.277. The van der Waals surface area contributed by atoms with Crippen LogP contribution in [0.2, 0.25) is 0 Å². The number of Topliss-reactive ketones (excluding diaryl/α,β-unsaturated/α-hetero) is 1. The van der Waals surface area contributed by atoms with Crippen LogP contribution >= 0.6 is 15.9 Å². The average molecular weight is 337 g/mol. The number of halogens is 1. The largest absolute Gasteiger partial charge is 0.504 e. The summed E-state index contributed by atoms with van der Waals surface area (Å²) in [6.07, 6.45) is 0.757. The number of carbonyl (C=O) groups is 1. The number of ketones is 1. The maximum absolute atomic E-state index is 12.6. The molecule has 0 aromatic heterocycles. The van der Waals surface area contributed by atoms with Crippen LogP contribution in [0, 0.1) is 0 Å². The van der Waals surface area contributed by atoms with Crippen molar-refractivity contribution in [3.05, 3.63) is 51.9 Å². The lowest BCUT2D eigenvalue weighted by Gasteiger charge is -2.32. The van der Waals surface area contributed by atoms with Gasteiger partial charge in [-0.3, -0.25) is 4.79 Å². The number of hydrogen-bond donors (Lipinski definition) is 1. The first-order chi connectivity index (χ1) is 9.27. The van der Waals surface area contributed by atoms with Gasteiger partial charge in [0.05, 0.1) is 5.57 Å². The minimum Gasteiger partial charge on any atom is -0.504 e. The lowest BCUT2D eigenvalue weighted by atomic mass is 9.85. The fraction of sp³-hybridized carbons (Fsp3) is 0.312. The van der Waals surface area contributed by atoms with Crippen LogP contribution in [0.5, 0.6) is 0 Å². The summed E-state index contributed by atoms with van der Waals surface area (Å²) in [7, 11) is 0. The molecule has 0 bridgehead atoms. The second-order valence-electron chi connectivity index (χ2n) is 5.24. The molecule has 0 fully saturated rings. The Labute approximate surface area is 127 Å². The number of aryl methyl sites for hydroxylation is 1. The minimum atomic E-state index is -1.02. The lowest BCUT2D eigenvalue weighted by Crippen LogP contribution is -2.39. The Hall–Kier alpha value is -1.55. The molecule has 2 rings (SSSR count). The zero-order chi connectivity index (χ0) is 15.1. The molecule has 0 aliphatic carbocycles. The summed E-state index contributed by atoms with van der Waals surface area (Å²) in [6.45, 7) is 9.05. The standard InChI is InChI=1S/C16H17BrO3/c1-5-10-8-11(17)6-7-12(10)13-14(18)9(2)20-16(3,4)15(13)19/h6-8,18H,2,5H2,1,3-4H3. The van der Waals surface area contributed by atoms with Crippen LogP contribution in [-0.4, -0.2) is 16.5 Å².